The number of carboxylic acids is 1. The van der Waals surface area contributed by atoms with Gasteiger partial charge in [0.1, 0.15) is 5.75 Å². The Kier molecular flexibility index (Phi) is 4.33. The van der Waals surface area contributed by atoms with E-state index in [9.17, 15) is 15.0 Å². The molecular formula is C16H23NO3. The number of likely N-dealkylation sites (tertiary alicyclic amines) is 1. The molecule has 4 nitrogen and oxygen atoms in total. The summed E-state index contributed by atoms with van der Waals surface area (Å²) in [5.41, 5.74) is 2.88. The summed E-state index contributed by atoms with van der Waals surface area (Å²) in [5.74, 6) is -0.618. The van der Waals surface area contributed by atoms with Gasteiger partial charge in [0.25, 0.3) is 0 Å². The Bertz CT molecular complexity index is 489. The van der Waals surface area contributed by atoms with Crippen molar-refractivity contribution in [2.45, 2.75) is 46.2 Å². The van der Waals surface area contributed by atoms with Gasteiger partial charge in [-0.1, -0.05) is 12.1 Å². The number of phenols is 1. The molecule has 1 saturated heterocycles. The van der Waals surface area contributed by atoms with Crippen molar-refractivity contribution in [3.05, 3.63) is 28.8 Å². The molecule has 2 atom stereocenters. The molecule has 1 fully saturated rings. The van der Waals surface area contributed by atoms with E-state index in [1.165, 1.54) is 0 Å². The van der Waals surface area contributed by atoms with E-state index in [0.29, 0.717) is 5.75 Å². The zero-order chi connectivity index (χ0) is 14.9. The van der Waals surface area contributed by atoms with Crippen LogP contribution in [-0.2, 0) is 11.3 Å². The lowest BCUT2D eigenvalue weighted by atomic mass is 9.90. The van der Waals surface area contributed by atoms with Crippen molar-refractivity contribution in [3.8, 4) is 5.75 Å². The van der Waals surface area contributed by atoms with E-state index in [2.05, 4.69) is 4.90 Å². The van der Waals surface area contributed by atoms with Gasteiger partial charge in [0.2, 0.25) is 0 Å². The van der Waals surface area contributed by atoms with Gasteiger partial charge in [0, 0.05) is 12.6 Å². The van der Waals surface area contributed by atoms with E-state index in [0.717, 1.165) is 42.6 Å². The lowest BCUT2D eigenvalue weighted by Gasteiger charge is -2.37. The minimum Gasteiger partial charge on any atom is -0.507 e. The van der Waals surface area contributed by atoms with Crippen LogP contribution in [0, 0.1) is 19.8 Å². The van der Waals surface area contributed by atoms with Crippen molar-refractivity contribution >= 4 is 5.97 Å². The zero-order valence-electron chi connectivity index (χ0n) is 12.4. The highest BCUT2D eigenvalue weighted by molar-refractivity contribution is 5.71. The molecule has 1 aliphatic heterocycles. The van der Waals surface area contributed by atoms with Gasteiger partial charge in [0.15, 0.2) is 0 Å². The van der Waals surface area contributed by atoms with Crippen LogP contribution in [0.15, 0.2) is 12.1 Å². The fourth-order valence-electron chi connectivity index (χ4n) is 3.14. The number of aliphatic carboxylic acids is 1. The number of hydrogen-bond acceptors (Lipinski definition) is 3. The second-order valence-corrected chi connectivity index (χ2v) is 5.88. The number of benzene rings is 1. The second-order valence-electron chi connectivity index (χ2n) is 5.88. The van der Waals surface area contributed by atoms with Gasteiger partial charge in [-0.25, -0.2) is 0 Å². The maximum Gasteiger partial charge on any atom is 0.308 e. The van der Waals surface area contributed by atoms with Crippen LogP contribution in [0.1, 0.15) is 36.5 Å². The summed E-state index contributed by atoms with van der Waals surface area (Å²) >= 11 is 0. The standard InChI is InChI=1S/C16H23NO3/c1-10-7-13(8-11(2)15(10)18)9-17-6-4-5-14(12(17)3)16(19)20/h7-8,12,14,18H,4-6,9H2,1-3H3,(H,19,20)/t12-,14-/m1/s1. The van der Waals surface area contributed by atoms with Crippen molar-refractivity contribution < 1.29 is 15.0 Å². The average Bonchev–Trinajstić information content (AvgIpc) is 2.38. The van der Waals surface area contributed by atoms with Crippen LogP contribution in [0.2, 0.25) is 0 Å². The first-order chi connectivity index (χ1) is 9.40. The molecule has 20 heavy (non-hydrogen) atoms. The van der Waals surface area contributed by atoms with Crippen LogP contribution in [-0.4, -0.2) is 33.7 Å². The van der Waals surface area contributed by atoms with Gasteiger partial charge < -0.3 is 10.2 Å². The maximum absolute atomic E-state index is 11.3. The van der Waals surface area contributed by atoms with Crippen LogP contribution < -0.4 is 0 Å². The first-order valence-corrected chi connectivity index (χ1v) is 7.16. The van der Waals surface area contributed by atoms with E-state index in [1.807, 2.05) is 32.9 Å². The molecule has 1 aromatic rings. The second kappa shape index (κ2) is 5.83. The molecule has 0 aliphatic carbocycles. The molecule has 4 heteroatoms. The quantitative estimate of drug-likeness (QED) is 0.891. The number of carboxylic acid groups (broad SMARTS) is 1. The van der Waals surface area contributed by atoms with Crippen molar-refractivity contribution in [2.24, 2.45) is 5.92 Å². The SMILES string of the molecule is Cc1cc(CN2CCC[C@@H](C(=O)O)[C@H]2C)cc(C)c1O. The van der Waals surface area contributed by atoms with E-state index >= 15 is 0 Å². The molecule has 110 valence electrons. The molecule has 0 aromatic heterocycles. The molecule has 2 rings (SSSR count). The normalized spacial score (nSPS) is 23.8. The number of nitrogens with zero attached hydrogens (tertiary/aromatic N) is 1. The monoisotopic (exact) mass is 277 g/mol. The first kappa shape index (κ1) is 14.9. The Morgan fingerprint density at radius 3 is 2.50 bits per heavy atom. The highest BCUT2D eigenvalue weighted by atomic mass is 16.4. The molecule has 1 aliphatic rings. The molecule has 0 bridgehead atoms. The largest absolute Gasteiger partial charge is 0.507 e. The van der Waals surface area contributed by atoms with Gasteiger partial charge in [-0.15, -0.1) is 0 Å². The van der Waals surface area contributed by atoms with E-state index in [-0.39, 0.29) is 12.0 Å². The average molecular weight is 277 g/mol. The van der Waals surface area contributed by atoms with Crippen LogP contribution >= 0.6 is 0 Å². The van der Waals surface area contributed by atoms with Crippen LogP contribution in [0.3, 0.4) is 0 Å². The smallest absolute Gasteiger partial charge is 0.308 e. The Hall–Kier alpha value is -1.55. The number of carbonyl (C=O) groups is 1. The third-order valence-electron chi connectivity index (χ3n) is 4.37. The van der Waals surface area contributed by atoms with E-state index in [4.69, 9.17) is 0 Å². The predicted molar refractivity (Wildman–Crippen MR) is 77.8 cm³/mol. The fourth-order valence-corrected chi connectivity index (χ4v) is 3.14. The molecule has 0 unspecified atom stereocenters. The Morgan fingerprint density at radius 1 is 1.35 bits per heavy atom. The van der Waals surface area contributed by atoms with Gasteiger partial charge in [-0.3, -0.25) is 9.69 Å². The molecule has 2 N–H and O–H groups in total. The molecule has 0 spiro atoms. The summed E-state index contributed by atoms with van der Waals surface area (Å²) < 4.78 is 0. The minimum atomic E-state index is -0.694. The first-order valence-electron chi connectivity index (χ1n) is 7.16. The van der Waals surface area contributed by atoms with Crippen LogP contribution in [0.4, 0.5) is 0 Å². The summed E-state index contributed by atoms with van der Waals surface area (Å²) in [5, 5.41) is 19.1. The van der Waals surface area contributed by atoms with Gasteiger partial charge in [-0.2, -0.15) is 0 Å². The maximum atomic E-state index is 11.3. The number of rotatable bonds is 3. The minimum absolute atomic E-state index is 0.0515. The Morgan fingerprint density at radius 2 is 1.95 bits per heavy atom. The van der Waals surface area contributed by atoms with Crippen LogP contribution in [0.25, 0.3) is 0 Å². The third kappa shape index (κ3) is 2.96. The van der Waals surface area contributed by atoms with Crippen molar-refractivity contribution in [3.63, 3.8) is 0 Å². The van der Waals surface area contributed by atoms with Crippen LogP contribution in [0.5, 0.6) is 5.75 Å². The molecular weight excluding hydrogens is 254 g/mol. The van der Waals surface area contributed by atoms with Crippen molar-refractivity contribution in [1.82, 2.24) is 4.90 Å². The number of hydrogen-bond donors (Lipinski definition) is 2. The van der Waals surface area contributed by atoms with Crippen molar-refractivity contribution in [2.75, 3.05) is 6.54 Å². The van der Waals surface area contributed by atoms with E-state index in [1.54, 1.807) is 0 Å². The zero-order valence-corrected chi connectivity index (χ0v) is 12.4. The molecule has 1 aromatic carbocycles. The summed E-state index contributed by atoms with van der Waals surface area (Å²) in [4.78, 5) is 13.5. The number of piperidine rings is 1. The summed E-state index contributed by atoms with van der Waals surface area (Å²) in [7, 11) is 0. The summed E-state index contributed by atoms with van der Waals surface area (Å²) in [6.07, 6.45) is 1.69. The lowest BCUT2D eigenvalue weighted by molar-refractivity contribution is -0.145. The molecule has 0 saturated carbocycles. The molecule has 0 amide bonds. The Labute approximate surface area is 120 Å². The van der Waals surface area contributed by atoms with E-state index < -0.39 is 5.97 Å². The third-order valence-corrected chi connectivity index (χ3v) is 4.37. The highest BCUT2D eigenvalue weighted by Crippen LogP contribution is 2.28. The highest BCUT2D eigenvalue weighted by Gasteiger charge is 2.32. The van der Waals surface area contributed by atoms with Gasteiger partial charge >= 0.3 is 5.97 Å². The Balaban J connectivity index is 2.15. The van der Waals surface area contributed by atoms with Crippen molar-refractivity contribution in [1.29, 1.82) is 0 Å². The fraction of sp³-hybridized carbons (Fsp3) is 0.562. The van der Waals surface area contributed by atoms with Gasteiger partial charge in [-0.05, 0) is 56.8 Å². The van der Waals surface area contributed by atoms with Gasteiger partial charge in [0.05, 0.1) is 5.92 Å². The number of aromatic hydroxyl groups is 1. The predicted octanol–water partition coefficient (Wildman–Crippen LogP) is 2.69. The summed E-state index contributed by atoms with van der Waals surface area (Å²) in [6.45, 7) is 7.46. The summed E-state index contributed by atoms with van der Waals surface area (Å²) in [6, 6.07) is 4.02. The number of aryl methyl sites for hydroxylation is 2. The lowest BCUT2D eigenvalue weighted by Crippen LogP contribution is -2.45. The molecule has 0 radical (unpaired) electrons. The molecule has 1 heterocycles. The topological polar surface area (TPSA) is 60.8 Å². The number of phenolic OH excluding ortho intramolecular Hbond substituents is 1.